The third-order valence-corrected chi connectivity index (χ3v) is 4.61. The van der Waals surface area contributed by atoms with Gasteiger partial charge in [-0.25, -0.2) is 4.57 Å². The van der Waals surface area contributed by atoms with Gasteiger partial charge in [0.1, 0.15) is 7.05 Å². The molecule has 2 fully saturated rings. The molecule has 3 atom stereocenters. The number of amides is 2. The van der Waals surface area contributed by atoms with Crippen molar-refractivity contribution in [1.29, 1.82) is 0 Å². The number of nitrogens with zero attached hydrogens (tertiary/aromatic N) is 1. The molecule has 2 aliphatic rings. The molecule has 5 nitrogen and oxygen atoms in total. The molecule has 2 bridgehead atoms. The van der Waals surface area contributed by atoms with Crippen LogP contribution in [0.15, 0.2) is 24.5 Å². The van der Waals surface area contributed by atoms with E-state index >= 15 is 0 Å². The molecule has 1 heterocycles. The van der Waals surface area contributed by atoms with Gasteiger partial charge in [0.2, 0.25) is 5.91 Å². The van der Waals surface area contributed by atoms with Gasteiger partial charge in [-0.3, -0.25) is 20.4 Å². The largest absolute Gasteiger partial charge is 1.00 e. The van der Waals surface area contributed by atoms with Crippen molar-refractivity contribution < 1.29 is 38.1 Å². The number of pyridine rings is 1. The number of carbonyl (C=O) groups excluding carboxylic acids is 2. The lowest BCUT2D eigenvalue weighted by molar-refractivity contribution is -0.671. The predicted molar refractivity (Wildman–Crippen MR) is 72.2 cm³/mol. The van der Waals surface area contributed by atoms with Gasteiger partial charge in [0.25, 0.3) is 5.91 Å². The molecule has 0 saturated heterocycles. The van der Waals surface area contributed by atoms with Crippen molar-refractivity contribution in [3.05, 3.63) is 30.1 Å². The van der Waals surface area contributed by atoms with Crippen LogP contribution in [0.5, 0.6) is 0 Å². The Hall–Kier alpha value is -1.18. The Balaban J connectivity index is 0.00000161. The van der Waals surface area contributed by atoms with Gasteiger partial charge < -0.3 is 24.0 Å². The Kier molecular flexibility index (Phi) is 5.18. The zero-order valence-corrected chi connectivity index (χ0v) is 14.2. The van der Waals surface area contributed by atoms with Gasteiger partial charge in [0, 0.05) is 18.1 Å². The van der Waals surface area contributed by atoms with Gasteiger partial charge in [0.15, 0.2) is 12.4 Å². The van der Waals surface area contributed by atoms with Crippen LogP contribution >= 0.6 is 0 Å². The summed E-state index contributed by atoms with van der Waals surface area (Å²) in [5, 5.41) is 0. The number of halogens is 1. The zero-order chi connectivity index (χ0) is 14.1. The molecule has 1 aromatic heterocycles. The van der Waals surface area contributed by atoms with Crippen LogP contribution in [0.1, 0.15) is 36.0 Å². The molecule has 6 heteroatoms. The number of rotatable bonds is 2. The van der Waals surface area contributed by atoms with Gasteiger partial charge in [-0.2, -0.15) is 0 Å². The van der Waals surface area contributed by atoms with Gasteiger partial charge in [-0.1, -0.05) is 6.42 Å². The normalized spacial score (nSPS) is 26.0. The van der Waals surface area contributed by atoms with Crippen molar-refractivity contribution >= 4 is 11.8 Å². The minimum atomic E-state index is -0.276. The van der Waals surface area contributed by atoms with Crippen LogP contribution in [0.3, 0.4) is 0 Å². The highest BCUT2D eigenvalue weighted by Gasteiger charge is 2.43. The molecule has 0 aliphatic heterocycles. The van der Waals surface area contributed by atoms with E-state index in [9.17, 15) is 9.59 Å². The van der Waals surface area contributed by atoms with Crippen LogP contribution in [0.25, 0.3) is 0 Å². The van der Waals surface area contributed by atoms with Crippen LogP contribution in [0.4, 0.5) is 0 Å². The first kappa shape index (κ1) is 16.2. The summed E-state index contributed by atoms with van der Waals surface area (Å²) in [5.74, 6) is 1.02. The van der Waals surface area contributed by atoms with Crippen molar-refractivity contribution in [1.82, 2.24) is 10.9 Å². The standard InChI is InChI=1S/C15H19N3O2.HI/c1-18-6-4-11(5-7-18)14(19)16-17-15(20)13-9-10-2-3-12(13)8-10;/h4-7,10,12-13,19H,2-3,8-9H2,1H3;1H. The molecule has 2 saturated carbocycles. The molecule has 1 aromatic rings. The molecule has 21 heavy (non-hydrogen) atoms. The Morgan fingerprint density at radius 2 is 1.86 bits per heavy atom. The highest BCUT2D eigenvalue weighted by atomic mass is 127. The number of hydrazine groups is 1. The fourth-order valence-electron chi connectivity index (χ4n) is 3.50. The molecule has 2 aliphatic carbocycles. The maximum Gasteiger partial charge on any atom is 0.270 e. The molecular formula is C15H20IN3O2. The van der Waals surface area contributed by atoms with Crippen LogP contribution in [0, 0.1) is 17.8 Å². The third-order valence-electron chi connectivity index (χ3n) is 4.61. The Labute approximate surface area is 141 Å². The molecule has 114 valence electrons. The smallest absolute Gasteiger partial charge is 0.270 e. The third kappa shape index (κ3) is 3.53. The van der Waals surface area contributed by atoms with Gasteiger partial charge >= 0.3 is 0 Å². The first-order valence-electron chi connectivity index (χ1n) is 7.19. The van der Waals surface area contributed by atoms with Crippen LogP contribution < -0.4 is 39.4 Å². The lowest BCUT2D eigenvalue weighted by atomic mass is 9.88. The van der Waals surface area contributed by atoms with E-state index in [1.165, 1.54) is 12.8 Å². The lowest BCUT2D eigenvalue weighted by Crippen LogP contribution is -3.00. The second-order valence-corrected chi connectivity index (χ2v) is 5.98. The van der Waals surface area contributed by atoms with Crippen LogP contribution in [0.2, 0.25) is 0 Å². The summed E-state index contributed by atoms with van der Waals surface area (Å²) in [7, 11) is 1.89. The van der Waals surface area contributed by atoms with Crippen molar-refractivity contribution in [3.63, 3.8) is 0 Å². The summed E-state index contributed by atoms with van der Waals surface area (Å²) >= 11 is 0. The molecule has 0 spiro atoms. The average molecular weight is 401 g/mol. The van der Waals surface area contributed by atoms with E-state index < -0.39 is 0 Å². The first-order chi connectivity index (χ1) is 9.63. The molecule has 3 unspecified atom stereocenters. The van der Waals surface area contributed by atoms with E-state index in [4.69, 9.17) is 0 Å². The minimum absolute atomic E-state index is 0. The number of aryl methyl sites for hydroxylation is 1. The molecule has 2 N–H and O–H groups in total. The average Bonchev–Trinajstić information content (AvgIpc) is 3.08. The summed E-state index contributed by atoms with van der Waals surface area (Å²) in [6.07, 6.45) is 8.18. The fourth-order valence-corrected chi connectivity index (χ4v) is 3.50. The van der Waals surface area contributed by atoms with Crippen molar-refractivity contribution in [3.8, 4) is 0 Å². The summed E-state index contributed by atoms with van der Waals surface area (Å²) in [6.45, 7) is 0. The number of fused-ring (bicyclic) bond motifs is 2. The number of aromatic nitrogens is 1. The monoisotopic (exact) mass is 401 g/mol. The van der Waals surface area contributed by atoms with Crippen LogP contribution in [-0.4, -0.2) is 11.8 Å². The van der Waals surface area contributed by atoms with Gasteiger partial charge in [-0.05, 0) is 31.1 Å². The topological polar surface area (TPSA) is 62.1 Å². The number of hydrogen-bond acceptors (Lipinski definition) is 2. The van der Waals surface area contributed by atoms with E-state index in [2.05, 4.69) is 10.9 Å². The van der Waals surface area contributed by atoms with E-state index in [-0.39, 0.29) is 41.7 Å². The quantitative estimate of drug-likeness (QED) is 0.333. The first-order valence-corrected chi connectivity index (χ1v) is 7.19. The molecule has 0 aromatic carbocycles. The summed E-state index contributed by atoms with van der Waals surface area (Å²) < 4.78 is 1.85. The highest BCUT2D eigenvalue weighted by molar-refractivity contribution is 5.95. The SMILES string of the molecule is C[n+]1ccc(C(=O)NNC(=O)C2CC3CCC2C3)cc1.[I-]. The Morgan fingerprint density at radius 3 is 2.43 bits per heavy atom. The van der Waals surface area contributed by atoms with Crippen molar-refractivity contribution in [2.75, 3.05) is 0 Å². The predicted octanol–water partition coefficient (Wildman–Crippen LogP) is -2.29. The van der Waals surface area contributed by atoms with E-state index in [1.807, 2.05) is 11.6 Å². The second-order valence-electron chi connectivity index (χ2n) is 5.98. The zero-order valence-electron chi connectivity index (χ0n) is 12.0. The molecule has 2 amide bonds. The van der Waals surface area contributed by atoms with Crippen molar-refractivity contribution in [2.24, 2.45) is 24.8 Å². The number of nitrogens with one attached hydrogen (secondary N) is 2. The summed E-state index contributed by atoms with van der Waals surface area (Å²) in [6, 6.07) is 3.44. The fraction of sp³-hybridized carbons (Fsp3) is 0.533. The maximum atomic E-state index is 12.1. The number of hydrogen-bond donors (Lipinski definition) is 2. The highest BCUT2D eigenvalue weighted by Crippen LogP contribution is 2.48. The maximum absolute atomic E-state index is 12.1. The Bertz CT molecular complexity index is 532. The lowest BCUT2D eigenvalue weighted by Gasteiger charge is -2.20. The second kappa shape index (κ2) is 6.72. The summed E-state index contributed by atoms with van der Waals surface area (Å²) in [5.41, 5.74) is 5.62. The van der Waals surface area contributed by atoms with Gasteiger partial charge in [0.05, 0.1) is 5.56 Å². The Morgan fingerprint density at radius 1 is 1.14 bits per heavy atom. The molecule has 0 radical (unpaired) electrons. The van der Waals surface area contributed by atoms with Crippen LogP contribution in [-0.2, 0) is 11.8 Å². The molecular weight excluding hydrogens is 381 g/mol. The van der Waals surface area contributed by atoms with E-state index in [1.54, 1.807) is 24.5 Å². The van der Waals surface area contributed by atoms with E-state index in [0.29, 0.717) is 11.5 Å². The number of carbonyl (C=O) groups is 2. The van der Waals surface area contributed by atoms with Gasteiger partial charge in [-0.15, -0.1) is 0 Å². The molecule has 3 rings (SSSR count). The van der Waals surface area contributed by atoms with Crippen molar-refractivity contribution in [2.45, 2.75) is 25.7 Å². The minimum Gasteiger partial charge on any atom is -1.00 e. The van der Waals surface area contributed by atoms with E-state index in [0.717, 1.165) is 18.8 Å². The summed E-state index contributed by atoms with van der Waals surface area (Å²) in [4.78, 5) is 24.0.